The van der Waals surface area contributed by atoms with Crippen LogP contribution < -0.4 is 5.32 Å². The van der Waals surface area contributed by atoms with Crippen LogP contribution in [-0.4, -0.2) is 6.54 Å². The Labute approximate surface area is 57.6 Å². The highest BCUT2D eigenvalue weighted by molar-refractivity contribution is 9.11. The Balaban J connectivity index is 2.58. The van der Waals surface area contributed by atoms with Crippen LogP contribution in [0, 0.1) is 5.92 Å². The van der Waals surface area contributed by atoms with E-state index in [0.717, 1.165) is 6.54 Å². The van der Waals surface area contributed by atoms with Crippen LogP contribution in [-0.2, 0) is 0 Å². The largest absolute Gasteiger partial charge is 0.389 e. The highest BCUT2D eigenvalue weighted by atomic mass is 79.9. The standard InChI is InChI=1S/C6H8BrN/c1-2-5-3-8-4-6(5)7/h2,4-5,8H,1,3H2/t5-/m1/s1. The van der Waals surface area contributed by atoms with E-state index < -0.39 is 0 Å². The van der Waals surface area contributed by atoms with E-state index in [1.807, 2.05) is 12.3 Å². The predicted molar refractivity (Wildman–Crippen MR) is 38.7 cm³/mol. The number of rotatable bonds is 1. The first-order valence-corrected chi connectivity index (χ1v) is 3.35. The number of halogens is 1. The molecule has 0 aromatic heterocycles. The summed E-state index contributed by atoms with van der Waals surface area (Å²) < 4.78 is 1.20. The quantitative estimate of drug-likeness (QED) is 0.595. The van der Waals surface area contributed by atoms with Crippen molar-refractivity contribution in [1.29, 1.82) is 0 Å². The smallest absolute Gasteiger partial charge is 0.0269 e. The van der Waals surface area contributed by atoms with Gasteiger partial charge in [-0.3, -0.25) is 0 Å². The van der Waals surface area contributed by atoms with E-state index in [1.165, 1.54) is 4.48 Å². The molecule has 0 amide bonds. The predicted octanol–water partition coefficient (Wildman–Crippen LogP) is 1.63. The Morgan fingerprint density at radius 2 is 2.75 bits per heavy atom. The Bertz CT molecular complexity index is 128. The van der Waals surface area contributed by atoms with Gasteiger partial charge >= 0.3 is 0 Å². The third kappa shape index (κ3) is 0.944. The molecule has 0 bridgehead atoms. The van der Waals surface area contributed by atoms with Gasteiger partial charge in [0.15, 0.2) is 0 Å². The number of hydrogen-bond acceptors (Lipinski definition) is 1. The van der Waals surface area contributed by atoms with Gasteiger partial charge in [-0.25, -0.2) is 0 Å². The summed E-state index contributed by atoms with van der Waals surface area (Å²) in [4.78, 5) is 0. The molecule has 8 heavy (non-hydrogen) atoms. The fourth-order valence-corrected chi connectivity index (χ4v) is 1.19. The van der Waals surface area contributed by atoms with Crippen LogP contribution in [0.2, 0.25) is 0 Å². The second-order valence-corrected chi connectivity index (χ2v) is 2.70. The lowest BCUT2D eigenvalue weighted by atomic mass is 10.2. The molecule has 0 unspecified atom stereocenters. The molecule has 1 aliphatic heterocycles. The van der Waals surface area contributed by atoms with E-state index in [9.17, 15) is 0 Å². The number of nitrogens with one attached hydrogen (secondary N) is 1. The highest BCUT2D eigenvalue weighted by Gasteiger charge is 2.11. The molecular weight excluding hydrogens is 166 g/mol. The van der Waals surface area contributed by atoms with E-state index in [0.29, 0.717) is 5.92 Å². The first kappa shape index (κ1) is 5.89. The summed E-state index contributed by atoms with van der Waals surface area (Å²) in [5, 5.41) is 3.09. The first-order valence-electron chi connectivity index (χ1n) is 2.56. The molecule has 1 heterocycles. The van der Waals surface area contributed by atoms with Crippen molar-refractivity contribution in [3.8, 4) is 0 Å². The van der Waals surface area contributed by atoms with Crippen molar-refractivity contribution < 1.29 is 0 Å². The van der Waals surface area contributed by atoms with Gasteiger partial charge in [-0.15, -0.1) is 6.58 Å². The molecule has 0 saturated heterocycles. The lowest BCUT2D eigenvalue weighted by Crippen LogP contribution is -2.06. The van der Waals surface area contributed by atoms with E-state index in [-0.39, 0.29) is 0 Å². The van der Waals surface area contributed by atoms with Gasteiger partial charge in [0.2, 0.25) is 0 Å². The molecule has 0 aromatic carbocycles. The molecule has 44 valence electrons. The van der Waals surface area contributed by atoms with Crippen molar-refractivity contribution in [3.05, 3.63) is 23.3 Å². The summed E-state index contributed by atoms with van der Waals surface area (Å²) in [5.74, 6) is 0.495. The minimum atomic E-state index is 0.495. The van der Waals surface area contributed by atoms with E-state index in [4.69, 9.17) is 0 Å². The number of hydrogen-bond donors (Lipinski definition) is 1. The molecule has 1 aliphatic rings. The van der Waals surface area contributed by atoms with Crippen molar-refractivity contribution in [3.63, 3.8) is 0 Å². The average molecular weight is 174 g/mol. The average Bonchev–Trinajstić information content (AvgIpc) is 2.14. The van der Waals surface area contributed by atoms with Crippen LogP contribution >= 0.6 is 15.9 Å². The van der Waals surface area contributed by atoms with Crippen LogP contribution in [0.1, 0.15) is 0 Å². The zero-order valence-corrected chi connectivity index (χ0v) is 6.11. The summed E-state index contributed by atoms with van der Waals surface area (Å²) in [6, 6.07) is 0. The van der Waals surface area contributed by atoms with Crippen molar-refractivity contribution in [2.24, 2.45) is 5.92 Å². The molecule has 0 aliphatic carbocycles. The topological polar surface area (TPSA) is 12.0 Å². The maximum Gasteiger partial charge on any atom is 0.0269 e. The molecule has 0 radical (unpaired) electrons. The second kappa shape index (κ2) is 2.35. The molecule has 2 heteroatoms. The van der Waals surface area contributed by atoms with Crippen molar-refractivity contribution >= 4 is 15.9 Å². The van der Waals surface area contributed by atoms with E-state index >= 15 is 0 Å². The molecule has 0 spiro atoms. The van der Waals surface area contributed by atoms with Gasteiger partial charge in [0, 0.05) is 23.1 Å². The third-order valence-corrected chi connectivity index (χ3v) is 2.03. The van der Waals surface area contributed by atoms with E-state index in [1.54, 1.807) is 0 Å². The summed E-state index contributed by atoms with van der Waals surface area (Å²) in [5.41, 5.74) is 0. The summed E-state index contributed by atoms with van der Waals surface area (Å²) in [7, 11) is 0. The van der Waals surface area contributed by atoms with Gasteiger partial charge < -0.3 is 5.32 Å². The van der Waals surface area contributed by atoms with Crippen LogP contribution in [0.15, 0.2) is 23.3 Å². The first-order chi connectivity index (χ1) is 3.84. The fourth-order valence-electron chi connectivity index (χ4n) is 0.684. The lowest BCUT2D eigenvalue weighted by molar-refractivity contribution is 0.787. The molecular formula is C6H8BrN. The van der Waals surface area contributed by atoms with Gasteiger partial charge in [-0.2, -0.15) is 0 Å². The van der Waals surface area contributed by atoms with Crippen molar-refractivity contribution in [2.45, 2.75) is 0 Å². The minimum absolute atomic E-state index is 0.495. The molecule has 1 nitrogen and oxygen atoms in total. The Hall–Kier alpha value is -0.240. The molecule has 0 aromatic rings. The minimum Gasteiger partial charge on any atom is -0.389 e. The van der Waals surface area contributed by atoms with Gasteiger partial charge in [0.05, 0.1) is 0 Å². The van der Waals surface area contributed by atoms with Crippen LogP contribution in [0.3, 0.4) is 0 Å². The fraction of sp³-hybridized carbons (Fsp3) is 0.333. The van der Waals surface area contributed by atoms with Crippen molar-refractivity contribution in [1.82, 2.24) is 5.32 Å². The molecule has 0 fully saturated rings. The third-order valence-electron chi connectivity index (χ3n) is 1.22. The molecule has 1 N–H and O–H groups in total. The van der Waals surface area contributed by atoms with Crippen LogP contribution in [0.4, 0.5) is 0 Å². The normalized spacial score (nSPS) is 26.6. The van der Waals surface area contributed by atoms with Crippen LogP contribution in [0.25, 0.3) is 0 Å². The maximum absolute atomic E-state index is 3.68. The Morgan fingerprint density at radius 1 is 2.00 bits per heavy atom. The van der Waals surface area contributed by atoms with E-state index in [2.05, 4.69) is 27.8 Å². The maximum atomic E-state index is 3.68. The van der Waals surface area contributed by atoms with Crippen molar-refractivity contribution in [2.75, 3.05) is 6.54 Å². The summed E-state index contributed by atoms with van der Waals surface area (Å²) in [6.45, 7) is 4.67. The molecule has 1 atom stereocenters. The zero-order valence-electron chi connectivity index (χ0n) is 4.52. The highest BCUT2D eigenvalue weighted by Crippen LogP contribution is 2.20. The lowest BCUT2D eigenvalue weighted by Gasteiger charge is -1.98. The van der Waals surface area contributed by atoms with Gasteiger partial charge in [0.25, 0.3) is 0 Å². The SMILES string of the molecule is C=C[C@@H]1CNC=C1Br. The van der Waals surface area contributed by atoms with Gasteiger partial charge in [-0.05, 0) is 0 Å². The zero-order chi connectivity index (χ0) is 5.98. The summed E-state index contributed by atoms with van der Waals surface area (Å²) in [6.07, 6.45) is 3.90. The van der Waals surface area contributed by atoms with Gasteiger partial charge in [-0.1, -0.05) is 22.0 Å². The van der Waals surface area contributed by atoms with Crippen LogP contribution in [0.5, 0.6) is 0 Å². The summed E-state index contributed by atoms with van der Waals surface area (Å²) >= 11 is 3.39. The molecule has 1 rings (SSSR count). The molecule has 0 saturated carbocycles. The monoisotopic (exact) mass is 173 g/mol. The Morgan fingerprint density at radius 3 is 3.00 bits per heavy atom. The van der Waals surface area contributed by atoms with Gasteiger partial charge in [0.1, 0.15) is 0 Å². The second-order valence-electron chi connectivity index (χ2n) is 1.78. The Kier molecular flexibility index (Phi) is 1.73.